The molecule has 1 aliphatic carbocycles. The molecule has 0 fully saturated rings. The highest BCUT2D eigenvalue weighted by molar-refractivity contribution is 8.00. The summed E-state index contributed by atoms with van der Waals surface area (Å²) >= 11 is 2.06. The first-order valence-corrected chi connectivity index (χ1v) is 6.05. The molecule has 0 radical (unpaired) electrons. The van der Waals surface area contributed by atoms with Crippen LogP contribution in [0.4, 0.5) is 0 Å². The molecule has 1 rings (SSSR count). The zero-order chi connectivity index (χ0) is 9.73. The van der Waals surface area contributed by atoms with E-state index in [0.29, 0.717) is 4.75 Å². The lowest BCUT2D eigenvalue weighted by Gasteiger charge is -2.18. The highest BCUT2D eigenvalue weighted by atomic mass is 32.2. The van der Waals surface area contributed by atoms with Gasteiger partial charge in [-0.1, -0.05) is 44.6 Å². The molecule has 0 N–H and O–H groups in total. The number of hydrogen-bond acceptors (Lipinski definition) is 1. The SMILES string of the molecule is CC(C)(C)SCCC1=CC=CCC1. The molecule has 0 aliphatic heterocycles. The van der Waals surface area contributed by atoms with E-state index >= 15 is 0 Å². The Morgan fingerprint density at radius 1 is 1.38 bits per heavy atom. The van der Waals surface area contributed by atoms with Gasteiger partial charge in [0.05, 0.1) is 0 Å². The van der Waals surface area contributed by atoms with Crippen molar-refractivity contribution in [2.24, 2.45) is 0 Å². The van der Waals surface area contributed by atoms with Crippen LogP contribution in [0.3, 0.4) is 0 Å². The van der Waals surface area contributed by atoms with Crippen molar-refractivity contribution in [1.82, 2.24) is 0 Å². The lowest BCUT2D eigenvalue weighted by molar-refractivity contribution is 0.799. The normalized spacial score (nSPS) is 17.3. The average molecular weight is 196 g/mol. The van der Waals surface area contributed by atoms with Crippen molar-refractivity contribution in [3.63, 3.8) is 0 Å². The molecule has 0 bridgehead atoms. The van der Waals surface area contributed by atoms with Gasteiger partial charge in [0.2, 0.25) is 0 Å². The van der Waals surface area contributed by atoms with Crippen molar-refractivity contribution in [3.05, 3.63) is 23.8 Å². The first kappa shape index (κ1) is 10.9. The van der Waals surface area contributed by atoms with Crippen molar-refractivity contribution in [2.45, 2.75) is 44.8 Å². The van der Waals surface area contributed by atoms with Gasteiger partial charge in [-0.15, -0.1) is 0 Å². The fraction of sp³-hybridized carbons (Fsp3) is 0.667. The molecule has 1 aliphatic rings. The van der Waals surface area contributed by atoms with E-state index in [1.165, 1.54) is 25.0 Å². The standard InChI is InChI=1S/C12H20S/c1-12(2,3)13-10-9-11-7-5-4-6-8-11/h4-5,7H,6,8-10H2,1-3H3. The van der Waals surface area contributed by atoms with Gasteiger partial charge in [-0.25, -0.2) is 0 Å². The summed E-state index contributed by atoms with van der Waals surface area (Å²) < 4.78 is 0.422. The average Bonchev–Trinajstić information content (AvgIpc) is 2.04. The number of allylic oxidation sites excluding steroid dienone is 4. The van der Waals surface area contributed by atoms with Crippen LogP contribution in [0.15, 0.2) is 23.8 Å². The molecule has 1 heteroatoms. The molecule has 0 aromatic rings. The summed E-state index contributed by atoms with van der Waals surface area (Å²) in [6.07, 6.45) is 10.5. The van der Waals surface area contributed by atoms with E-state index < -0.39 is 0 Å². The molecule has 13 heavy (non-hydrogen) atoms. The zero-order valence-corrected chi connectivity index (χ0v) is 9.79. The van der Waals surface area contributed by atoms with E-state index in [1.54, 1.807) is 5.57 Å². The Morgan fingerprint density at radius 3 is 2.69 bits per heavy atom. The molecule has 0 saturated carbocycles. The summed E-state index contributed by atoms with van der Waals surface area (Å²) in [6.45, 7) is 6.85. The van der Waals surface area contributed by atoms with Gasteiger partial charge >= 0.3 is 0 Å². The molecule has 0 aromatic heterocycles. The summed E-state index contributed by atoms with van der Waals surface area (Å²) in [6, 6.07) is 0. The Labute approximate surface area is 86.5 Å². The fourth-order valence-corrected chi connectivity index (χ4v) is 2.33. The van der Waals surface area contributed by atoms with Gasteiger partial charge in [0.1, 0.15) is 0 Å². The first-order chi connectivity index (χ1) is 6.08. The number of thioether (sulfide) groups is 1. The summed E-state index contributed by atoms with van der Waals surface area (Å²) in [5.41, 5.74) is 1.62. The van der Waals surface area contributed by atoms with Crippen LogP contribution in [0, 0.1) is 0 Å². The topological polar surface area (TPSA) is 0 Å². The second kappa shape index (κ2) is 4.90. The molecule has 0 heterocycles. The van der Waals surface area contributed by atoms with Gasteiger partial charge < -0.3 is 0 Å². The molecular weight excluding hydrogens is 176 g/mol. The lowest BCUT2D eigenvalue weighted by Crippen LogP contribution is -2.08. The second-order valence-corrected chi connectivity index (χ2v) is 6.42. The molecule has 74 valence electrons. The van der Waals surface area contributed by atoms with E-state index in [0.717, 1.165) is 0 Å². The van der Waals surface area contributed by atoms with E-state index in [2.05, 4.69) is 50.8 Å². The largest absolute Gasteiger partial charge is 0.156 e. The van der Waals surface area contributed by atoms with Gasteiger partial charge in [-0.2, -0.15) is 11.8 Å². The smallest absolute Gasteiger partial charge is 0.00752 e. The van der Waals surface area contributed by atoms with Crippen molar-refractivity contribution in [1.29, 1.82) is 0 Å². The fourth-order valence-electron chi connectivity index (χ4n) is 1.35. The van der Waals surface area contributed by atoms with Crippen LogP contribution in [0.2, 0.25) is 0 Å². The van der Waals surface area contributed by atoms with E-state index in [1.807, 2.05) is 0 Å². The molecule has 0 nitrogen and oxygen atoms in total. The zero-order valence-electron chi connectivity index (χ0n) is 8.97. The molecule has 0 saturated heterocycles. The number of hydrogen-bond donors (Lipinski definition) is 0. The van der Waals surface area contributed by atoms with Gasteiger partial charge in [0, 0.05) is 4.75 Å². The van der Waals surface area contributed by atoms with Crippen molar-refractivity contribution in [3.8, 4) is 0 Å². The van der Waals surface area contributed by atoms with Crippen LogP contribution in [0.5, 0.6) is 0 Å². The van der Waals surface area contributed by atoms with Crippen LogP contribution < -0.4 is 0 Å². The van der Waals surface area contributed by atoms with E-state index in [4.69, 9.17) is 0 Å². The second-order valence-electron chi connectivity index (χ2n) is 4.50. The highest BCUT2D eigenvalue weighted by Gasteiger charge is 2.10. The maximum atomic E-state index is 2.28. The predicted octanol–water partition coefficient (Wildman–Crippen LogP) is 4.18. The molecule has 0 atom stereocenters. The third kappa shape index (κ3) is 5.20. The summed E-state index contributed by atoms with van der Waals surface area (Å²) in [7, 11) is 0. The third-order valence-electron chi connectivity index (χ3n) is 2.06. The summed E-state index contributed by atoms with van der Waals surface area (Å²) in [5.74, 6) is 1.27. The molecule has 0 aromatic carbocycles. The maximum Gasteiger partial charge on any atom is 0.00752 e. The van der Waals surface area contributed by atoms with Gasteiger partial charge in [-0.3, -0.25) is 0 Å². The van der Waals surface area contributed by atoms with Gasteiger partial charge in [-0.05, 0) is 25.0 Å². The molecule has 0 unspecified atom stereocenters. The minimum Gasteiger partial charge on any atom is -0.156 e. The quantitative estimate of drug-likeness (QED) is 0.652. The van der Waals surface area contributed by atoms with Crippen molar-refractivity contribution < 1.29 is 0 Å². The van der Waals surface area contributed by atoms with E-state index in [-0.39, 0.29) is 0 Å². The van der Waals surface area contributed by atoms with E-state index in [9.17, 15) is 0 Å². The Morgan fingerprint density at radius 2 is 2.15 bits per heavy atom. The third-order valence-corrected chi connectivity index (χ3v) is 3.33. The highest BCUT2D eigenvalue weighted by Crippen LogP contribution is 2.26. The minimum atomic E-state index is 0.422. The Balaban J connectivity index is 2.19. The molecule has 0 spiro atoms. The molecular formula is C12H20S. The van der Waals surface area contributed by atoms with Crippen molar-refractivity contribution >= 4 is 11.8 Å². The Bertz CT molecular complexity index is 206. The monoisotopic (exact) mass is 196 g/mol. The van der Waals surface area contributed by atoms with Gasteiger partial charge in [0.15, 0.2) is 0 Å². The summed E-state index contributed by atoms with van der Waals surface area (Å²) in [4.78, 5) is 0. The summed E-state index contributed by atoms with van der Waals surface area (Å²) in [5, 5.41) is 0. The van der Waals surface area contributed by atoms with Crippen LogP contribution >= 0.6 is 11.8 Å². The molecule has 0 amide bonds. The van der Waals surface area contributed by atoms with Gasteiger partial charge in [0.25, 0.3) is 0 Å². The van der Waals surface area contributed by atoms with Crippen LogP contribution in [0.25, 0.3) is 0 Å². The predicted molar refractivity (Wildman–Crippen MR) is 63.3 cm³/mol. The van der Waals surface area contributed by atoms with Crippen LogP contribution in [-0.2, 0) is 0 Å². The first-order valence-electron chi connectivity index (χ1n) is 5.06. The lowest BCUT2D eigenvalue weighted by atomic mass is 10.0. The Kier molecular flexibility index (Phi) is 4.11. The number of rotatable bonds is 3. The van der Waals surface area contributed by atoms with Crippen molar-refractivity contribution in [2.75, 3.05) is 5.75 Å². The Hall–Kier alpha value is -0.170. The van der Waals surface area contributed by atoms with Crippen LogP contribution in [-0.4, -0.2) is 10.5 Å². The minimum absolute atomic E-state index is 0.422. The van der Waals surface area contributed by atoms with Crippen LogP contribution in [0.1, 0.15) is 40.0 Å². The maximum absolute atomic E-state index is 2.28.